The normalized spacial score (nSPS) is 16.5. The van der Waals surface area contributed by atoms with Crippen molar-refractivity contribution in [1.82, 2.24) is 30.8 Å². The molecule has 0 spiro atoms. The molecule has 18 nitrogen and oxygen atoms in total. The monoisotopic (exact) mass is 995 g/mol. The van der Waals surface area contributed by atoms with Crippen molar-refractivity contribution in [3.8, 4) is 5.75 Å². The molecule has 0 radical (unpaired) electrons. The second kappa shape index (κ2) is 25.3. The molecule has 5 heterocycles. The van der Waals surface area contributed by atoms with Gasteiger partial charge < -0.3 is 49.6 Å². The fourth-order valence-corrected chi connectivity index (χ4v) is 9.37. The predicted molar refractivity (Wildman–Crippen MR) is 261 cm³/mol. The Bertz CT molecular complexity index is 2410. The number of thiophene rings is 1. The maximum absolute atomic E-state index is 13.0. The van der Waals surface area contributed by atoms with Crippen molar-refractivity contribution in [1.29, 1.82) is 0 Å². The topological polar surface area (TPSA) is 206 Å². The highest BCUT2D eigenvalue weighted by Crippen LogP contribution is 2.37. The number of imide groups is 1. The van der Waals surface area contributed by atoms with Crippen LogP contribution >= 0.6 is 35.3 Å². The molecule has 5 amide bonds. The van der Waals surface area contributed by atoms with E-state index in [2.05, 4.69) is 51.1 Å². The van der Waals surface area contributed by atoms with Crippen LogP contribution in [0.2, 0.25) is 4.34 Å². The second-order valence-electron chi connectivity index (χ2n) is 16.3. The quantitative estimate of drug-likeness (QED) is 0.0560. The summed E-state index contributed by atoms with van der Waals surface area (Å²) in [6.07, 6.45) is 3.94. The van der Waals surface area contributed by atoms with E-state index in [0.717, 1.165) is 40.9 Å². The highest BCUT2D eigenvalue weighted by Gasteiger charge is 2.40. The number of carbonyl (C=O) groups is 5. The Kier molecular flexibility index (Phi) is 19.3. The highest BCUT2D eigenvalue weighted by molar-refractivity contribution is 7.16. The standard InChI is InChI=1S/C47H58ClN9O9S.ClH/c1-4-32-27-55(2)38-26-51-41(53-44(38)56(32)28-33-10-12-40(48)67-33)25-30-8-9-31(24-39(30)63-3)45(60)50-17-19-65-21-23-66-22-20-64-18-16-49-15-14-43(59)52-36-7-5-6-34-35(36)29-57(47(34)62)37-11-13-42(58)54-46(37)61;/h5-10,12,24,26,32,37,49H,4,11,13-23,25,27-29H2,1-3H3,(H,50,60)(H,52,59)(H,54,58,61);1H/t32-,37?;/m1./s1. The lowest BCUT2D eigenvalue weighted by Crippen LogP contribution is -2.52. The van der Waals surface area contributed by atoms with Crippen molar-refractivity contribution in [3.63, 3.8) is 0 Å². The van der Waals surface area contributed by atoms with Crippen LogP contribution in [-0.4, -0.2) is 136 Å². The summed E-state index contributed by atoms with van der Waals surface area (Å²) in [6, 6.07) is 14.1. The molecule has 3 aliphatic rings. The van der Waals surface area contributed by atoms with Gasteiger partial charge in [-0.2, -0.15) is 0 Å². The smallest absolute Gasteiger partial charge is 0.255 e. The lowest BCUT2D eigenvalue weighted by Gasteiger charge is -2.42. The summed E-state index contributed by atoms with van der Waals surface area (Å²) in [5.41, 5.74) is 3.95. The molecule has 3 aliphatic heterocycles. The number of carbonyl (C=O) groups excluding carboxylic acids is 5. The number of piperidine rings is 1. The fourth-order valence-electron chi connectivity index (χ4n) is 8.28. The number of amides is 5. The maximum Gasteiger partial charge on any atom is 0.255 e. The zero-order chi connectivity index (χ0) is 47.3. The van der Waals surface area contributed by atoms with E-state index in [9.17, 15) is 24.0 Å². The Balaban J connectivity index is 0.00000761. The van der Waals surface area contributed by atoms with Gasteiger partial charge in [0.1, 0.15) is 17.6 Å². The van der Waals surface area contributed by atoms with Gasteiger partial charge in [0.15, 0.2) is 5.82 Å². The molecule has 2 atom stereocenters. The van der Waals surface area contributed by atoms with Crippen LogP contribution in [0.1, 0.15) is 75.2 Å². The first-order valence-electron chi connectivity index (χ1n) is 22.6. The Morgan fingerprint density at radius 2 is 1.74 bits per heavy atom. The number of likely N-dealkylation sites (N-methyl/N-ethyl adjacent to an activating group) is 1. The Morgan fingerprint density at radius 3 is 2.46 bits per heavy atom. The largest absolute Gasteiger partial charge is 0.496 e. The number of nitrogens with zero attached hydrogens (tertiary/aromatic N) is 5. The third kappa shape index (κ3) is 13.4. The van der Waals surface area contributed by atoms with Gasteiger partial charge in [0.25, 0.3) is 11.8 Å². The molecule has 68 heavy (non-hydrogen) atoms. The Morgan fingerprint density at radius 1 is 0.971 bits per heavy atom. The van der Waals surface area contributed by atoms with E-state index >= 15 is 0 Å². The molecule has 0 aliphatic carbocycles. The van der Waals surface area contributed by atoms with Crippen LogP contribution in [0.15, 0.2) is 54.7 Å². The number of benzene rings is 2. The van der Waals surface area contributed by atoms with Crippen molar-refractivity contribution in [3.05, 3.63) is 92.0 Å². The molecular formula is C47H59Cl2N9O9S. The van der Waals surface area contributed by atoms with Gasteiger partial charge in [0.05, 0.1) is 69.5 Å². The van der Waals surface area contributed by atoms with E-state index in [-0.39, 0.29) is 67.9 Å². The first kappa shape index (κ1) is 52.0. The minimum atomic E-state index is -0.723. The number of ether oxygens (including phenoxy) is 4. The molecular weight excluding hydrogens is 938 g/mol. The number of halogens is 2. The summed E-state index contributed by atoms with van der Waals surface area (Å²) in [4.78, 5) is 79.7. The van der Waals surface area contributed by atoms with Gasteiger partial charge in [-0.1, -0.05) is 30.7 Å². The SMILES string of the molecule is CC[C@@H]1CN(C)c2cnc(Cc3ccc(C(=O)NCCOCCOCCOCCNCCC(=O)Nc4cccc5c4CN(C4CCC(=O)NC4=O)C5=O)cc3OC)nc2N1Cc1ccc(Cl)s1.Cl. The van der Waals surface area contributed by atoms with Crippen LogP contribution in [0.4, 0.5) is 17.2 Å². The number of nitrogens with one attached hydrogen (secondary N) is 4. The van der Waals surface area contributed by atoms with Crippen LogP contribution in [0, 0.1) is 0 Å². The molecule has 7 rings (SSSR count). The van der Waals surface area contributed by atoms with E-state index in [1.807, 2.05) is 18.3 Å². The molecule has 21 heteroatoms. The summed E-state index contributed by atoms with van der Waals surface area (Å²) < 4.78 is 23.3. The summed E-state index contributed by atoms with van der Waals surface area (Å²) in [5, 5.41) is 11.3. The third-order valence-corrected chi connectivity index (χ3v) is 13.0. The number of fused-ring (bicyclic) bond motifs is 2. The first-order valence-corrected chi connectivity index (χ1v) is 23.8. The molecule has 2 aromatic carbocycles. The summed E-state index contributed by atoms with van der Waals surface area (Å²) in [6.45, 7) is 7.56. The summed E-state index contributed by atoms with van der Waals surface area (Å²) in [5.74, 6) is 0.562. The van der Waals surface area contributed by atoms with Gasteiger partial charge in [-0.25, -0.2) is 9.97 Å². The second-order valence-corrected chi connectivity index (χ2v) is 18.1. The van der Waals surface area contributed by atoms with Crippen molar-refractivity contribution in [2.45, 2.75) is 64.2 Å². The van der Waals surface area contributed by atoms with Crippen molar-refractivity contribution < 1.29 is 42.9 Å². The zero-order valence-electron chi connectivity index (χ0n) is 38.5. The van der Waals surface area contributed by atoms with Crippen molar-refractivity contribution in [2.24, 2.45) is 0 Å². The number of aromatic nitrogens is 2. The summed E-state index contributed by atoms with van der Waals surface area (Å²) in [7, 11) is 3.66. The zero-order valence-corrected chi connectivity index (χ0v) is 40.9. The third-order valence-electron chi connectivity index (χ3n) is 11.8. The molecule has 2 aromatic heterocycles. The Hall–Kier alpha value is -5.41. The van der Waals surface area contributed by atoms with E-state index in [1.165, 1.54) is 9.78 Å². The predicted octanol–water partition coefficient (Wildman–Crippen LogP) is 4.61. The summed E-state index contributed by atoms with van der Waals surface area (Å²) >= 11 is 7.84. The molecule has 1 saturated heterocycles. The van der Waals surface area contributed by atoms with E-state index in [1.54, 1.807) is 48.8 Å². The number of anilines is 3. The van der Waals surface area contributed by atoms with Crippen LogP contribution in [0.3, 0.4) is 0 Å². The van der Waals surface area contributed by atoms with Crippen LogP contribution in [-0.2, 0) is 48.1 Å². The number of hydrogen-bond acceptors (Lipinski definition) is 15. The molecule has 0 bridgehead atoms. The average Bonchev–Trinajstić information content (AvgIpc) is 3.89. The van der Waals surface area contributed by atoms with Gasteiger partial charge in [0.2, 0.25) is 17.7 Å². The molecule has 1 unspecified atom stereocenters. The highest BCUT2D eigenvalue weighted by atomic mass is 35.5. The van der Waals surface area contributed by atoms with Crippen molar-refractivity contribution in [2.75, 3.05) is 95.1 Å². The van der Waals surface area contributed by atoms with Crippen LogP contribution < -0.4 is 35.8 Å². The first-order chi connectivity index (χ1) is 32.5. The molecule has 4 N–H and O–H groups in total. The van der Waals surface area contributed by atoms with Crippen molar-refractivity contribution >= 4 is 82.1 Å². The van der Waals surface area contributed by atoms with Crippen LogP contribution in [0.25, 0.3) is 0 Å². The van der Waals surface area contributed by atoms with Gasteiger partial charge in [-0.15, -0.1) is 23.7 Å². The number of rotatable bonds is 24. The average molecular weight is 997 g/mol. The van der Waals surface area contributed by atoms with E-state index in [4.69, 9.17) is 40.5 Å². The Labute approximate surface area is 411 Å². The minimum absolute atomic E-state index is 0. The molecule has 366 valence electrons. The van der Waals surface area contributed by atoms with Gasteiger partial charge in [-0.05, 0) is 49.2 Å². The molecule has 1 fully saturated rings. The molecule has 4 aromatic rings. The van der Waals surface area contributed by atoms with Gasteiger partial charge >= 0.3 is 0 Å². The van der Waals surface area contributed by atoms with E-state index in [0.29, 0.717) is 99.6 Å². The number of hydrogen-bond donors (Lipinski definition) is 4. The lowest BCUT2D eigenvalue weighted by molar-refractivity contribution is -0.137. The van der Waals surface area contributed by atoms with Gasteiger partial charge in [0, 0.05) is 97.9 Å². The van der Waals surface area contributed by atoms with Crippen LogP contribution in [0.5, 0.6) is 5.75 Å². The maximum atomic E-state index is 13.0. The minimum Gasteiger partial charge on any atom is -0.496 e. The molecule has 0 saturated carbocycles. The van der Waals surface area contributed by atoms with E-state index < -0.39 is 11.9 Å². The lowest BCUT2D eigenvalue weighted by atomic mass is 10.0. The number of methoxy groups -OCH3 is 1. The van der Waals surface area contributed by atoms with Gasteiger partial charge in [-0.3, -0.25) is 29.3 Å². The fraction of sp³-hybridized carbons (Fsp3) is 0.468.